The minimum absolute atomic E-state index is 0.471. The number of benzene rings is 1. The van der Waals surface area contributed by atoms with E-state index in [2.05, 4.69) is 25.5 Å². The van der Waals surface area contributed by atoms with Gasteiger partial charge in [-0.25, -0.2) is 15.0 Å². The molecular formula is C27H32Cl2N8O. The Balaban J connectivity index is 1.26. The van der Waals surface area contributed by atoms with Crippen LogP contribution >= 0.6 is 23.2 Å². The summed E-state index contributed by atoms with van der Waals surface area (Å²) < 4.78 is 7.42. The molecule has 0 radical (unpaired) electrons. The van der Waals surface area contributed by atoms with Crippen LogP contribution in [0.1, 0.15) is 31.2 Å². The number of aromatic nitrogens is 5. The number of hydrogen-bond acceptors (Lipinski definition) is 8. The molecule has 0 amide bonds. The first-order valence-corrected chi connectivity index (χ1v) is 13.7. The number of aryl methyl sites for hydroxylation is 2. The molecule has 1 saturated heterocycles. The zero-order valence-corrected chi connectivity index (χ0v) is 23.4. The molecule has 0 unspecified atom stereocenters. The molecular weight excluding hydrogens is 523 g/mol. The molecule has 4 aromatic rings. The van der Waals surface area contributed by atoms with E-state index >= 15 is 0 Å². The summed E-state index contributed by atoms with van der Waals surface area (Å²) in [6, 6.07) is 7.89. The van der Waals surface area contributed by atoms with E-state index in [0.29, 0.717) is 39.7 Å². The Morgan fingerprint density at radius 2 is 1.71 bits per heavy atom. The van der Waals surface area contributed by atoms with Crippen molar-refractivity contribution in [3.8, 4) is 16.9 Å². The topological polar surface area (TPSA) is 92.5 Å². The largest absolute Gasteiger partial charge is 0.494 e. The van der Waals surface area contributed by atoms with E-state index < -0.39 is 0 Å². The standard InChI is InChI=1S/C27H32Cl2N8O/c1-4-38-20-15-21(28)25(22(29)16-20)24-18(3)35-37-23(14-17(2)34-26(24)37)31-11-10-30-19-6-12-36(13-7-19)27-32-8-5-9-33-27/h5,8-9,14-16,19,30-31H,4,6-7,10-13H2,1-3H3. The number of piperidine rings is 1. The van der Waals surface area contributed by atoms with Gasteiger partial charge in [0.15, 0.2) is 5.65 Å². The summed E-state index contributed by atoms with van der Waals surface area (Å²) in [5.74, 6) is 2.32. The van der Waals surface area contributed by atoms with Crippen LogP contribution in [0.25, 0.3) is 16.8 Å². The Labute approximate surface area is 232 Å². The van der Waals surface area contributed by atoms with Crippen molar-refractivity contribution in [1.82, 2.24) is 29.9 Å². The van der Waals surface area contributed by atoms with Crippen LogP contribution in [0, 0.1) is 13.8 Å². The number of hydrogen-bond donors (Lipinski definition) is 2. The Kier molecular flexibility index (Phi) is 8.16. The highest BCUT2D eigenvalue weighted by atomic mass is 35.5. The number of nitrogens with one attached hydrogen (secondary N) is 2. The number of halogens is 2. The zero-order chi connectivity index (χ0) is 26.6. The van der Waals surface area contributed by atoms with Gasteiger partial charge in [-0.15, -0.1) is 0 Å². The lowest BCUT2D eigenvalue weighted by molar-refractivity contribution is 0.340. The molecule has 1 fully saturated rings. The second-order valence-corrected chi connectivity index (χ2v) is 10.2. The van der Waals surface area contributed by atoms with E-state index in [-0.39, 0.29) is 0 Å². The van der Waals surface area contributed by atoms with Gasteiger partial charge in [0.05, 0.1) is 27.9 Å². The van der Waals surface area contributed by atoms with Crippen molar-refractivity contribution in [3.05, 3.63) is 58.1 Å². The SMILES string of the molecule is CCOc1cc(Cl)c(-c2c(C)nn3c(NCCNC4CCN(c5ncccn5)CC4)cc(C)nc23)c(Cl)c1. The van der Waals surface area contributed by atoms with Crippen LogP contribution in [-0.2, 0) is 0 Å². The lowest BCUT2D eigenvalue weighted by Gasteiger charge is -2.32. The van der Waals surface area contributed by atoms with Gasteiger partial charge in [0.2, 0.25) is 5.95 Å². The predicted molar refractivity (Wildman–Crippen MR) is 153 cm³/mol. The summed E-state index contributed by atoms with van der Waals surface area (Å²) in [6.07, 6.45) is 5.70. The Morgan fingerprint density at radius 1 is 1.00 bits per heavy atom. The molecule has 38 heavy (non-hydrogen) atoms. The van der Waals surface area contributed by atoms with Crippen LogP contribution in [-0.4, -0.2) is 63.4 Å². The average Bonchev–Trinajstić information content (AvgIpc) is 3.23. The van der Waals surface area contributed by atoms with Crippen LogP contribution in [0.4, 0.5) is 11.8 Å². The van der Waals surface area contributed by atoms with Crippen molar-refractivity contribution in [2.45, 2.75) is 39.7 Å². The van der Waals surface area contributed by atoms with Crippen molar-refractivity contribution >= 4 is 40.6 Å². The van der Waals surface area contributed by atoms with Crippen LogP contribution in [0.5, 0.6) is 5.75 Å². The second kappa shape index (κ2) is 11.7. The molecule has 0 spiro atoms. The molecule has 1 aliphatic rings. The van der Waals surface area contributed by atoms with E-state index in [4.69, 9.17) is 38.0 Å². The maximum absolute atomic E-state index is 6.67. The van der Waals surface area contributed by atoms with Crippen molar-refractivity contribution in [2.24, 2.45) is 0 Å². The van der Waals surface area contributed by atoms with E-state index in [1.807, 2.05) is 37.4 Å². The molecule has 0 aliphatic carbocycles. The van der Waals surface area contributed by atoms with E-state index in [1.165, 1.54) is 0 Å². The van der Waals surface area contributed by atoms with Gasteiger partial charge >= 0.3 is 0 Å². The number of fused-ring (bicyclic) bond motifs is 1. The third-order valence-electron chi connectivity index (χ3n) is 6.66. The minimum Gasteiger partial charge on any atom is -0.494 e. The van der Waals surface area contributed by atoms with Crippen LogP contribution < -0.4 is 20.3 Å². The number of anilines is 2. The Hall–Kier alpha value is -3.14. The molecule has 0 atom stereocenters. The summed E-state index contributed by atoms with van der Waals surface area (Å²) in [5.41, 5.74) is 3.92. The van der Waals surface area contributed by atoms with Gasteiger partial charge in [0.25, 0.3) is 0 Å². The molecule has 4 heterocycles. The Bertz CT molecular complexity index is 1380. The van der Waals surface area contributed by atoms with Crippen molar-refractivity contribution in [1.29, 1.82) is 0 Å². The van der Waals surface area contributed by atoms with E-state index in [9.17, 15) is 0 Å². The number of nitrogens with zero attached hydrogens (tertiary/aromatic N) is 6. The quantitative estimate of drug-likeness (QED) is 0.273. The second-order valence-electron chi connectivity index (χ2n) is 9.36. The highest BCUT2D eigenvalue weighted by Gasteiger charge is 2.22. The van der Waals surface area contributed by atoms with Crippen molar-refractivity contribution in [2.75, 3.05) is 43.0 Å². The van der Waals surface area contributed by atoms with Gasteiger partial charge < -0.3 is 20.3 Å². The van der Waals surface area contributed by atoms with Crippen LogP contribution in [0.3, 0.4) is 0 Å². The highest BCUT2D eigenvalue weighted by molar-refractivity contribution is 6.39. The fraction of sp³-hybridized carbons (Fsp3) is 0.407. The first kappa shape index (κ1) is 26.5. The van der Waals surface area contributed by atoms with E-state index in [1.54, 1.807) is 24.5 Å². The summed E-state index contributed by atoms with van der Waals surface area (Å²) in [5, 5.41) is 13.0. The molecule has 1 aromatic carbocycles. The molecule has 1 aliphatic heterocycles. The smallest absolute Gasteiger partial charge is 0.225 e. The predicted octanol–water partition coefficient (Wildman–Crippen LogP) is 5.18. The van der Waals surface area contributed by atoms with Gasteiger partial charge in [-0.05, 0) is 51.8 Å². The first-order chi connectivity index (χ1) is 18.4. The summed E-state index contributed by atoms with van der Waals surface area (Å²) in [4.78, 5) is 15.8. The molecule has 0 saturated carbocycles. The van der Waals surface area contributed by atoms with Gasteiger partial charge in [-0.3, -0.25) is 0 Å². The van der Waals surface area contributed by atoms with Crippen LogP contribution in [0.2, 0.25) is 10.0 Å². The molecule has 5 rings (SSSR count). The third kappa shape index (κ3) is 5.65. The third-order valence-corrected chi connectivity index (χ3v) is 7.26. The van der Waals surface area contributed by atoms with E-state index in [0.717, 1.165) is 67.7 Å². The summed E-state index contributed by atoms with van der Waals surface area (Å²) in [6.45, 7) is 9.86. The monoisotopic (exact) mass is 554 g/mol. The van der Waals surface area contributed by atoms with Crippen molar-refractivity contribution in [3.63, 3.8) is 0 Å². The molecule has 2 N–H and O–H groups in total. The van der Waals surface area contributed by atoms with Gasteiger partial charge in [-0.1, -0.05) is 23.2 Å². The van der Waals surface area contributed by atoms with Crippen LogP contribution in [0.15, 0.2) is 36.7 Å². The lowest BCUT2D eigenvalue weighted by atomic mass is 10.1. The lowest BCUT2D eigenvalue weighted by Crippen LogP contribution is -2.44. The highest BCUT2D eigenvalue weighted by Crippen LogP contribution is 2.41. The fourth-order valence-electron chi connectivity index (χ4n) is 4.91. The van der Waals surface area contributed by atoms with Gasteiger partial charge in [0, 0.05) is 61.9 Å². The maximum atomic E-state index is 6.67. The zero-order valence-electron chi connectivity index (χ0n) is 21.8. The number of rotatable bonds is 9. The average molecular weight is 556 g/mol. The fourth-order valence-corrected chi connectivity index (χ4v) is 5.56. The summed E-state index contributed by atoms with van der Waals surface area (Å²) >= 11 is 13.3. The Morgan fingerprint density at radius 3 is 2.39 bits per heavy atom. The maximum Gasteiger partial charge on any atom is 0.225 e. The number of ether oxygens (including phenoxy) is 1. The molecule has 11 heteroatoms. The van der Waals surface area contributed by atoms with Crippen molar-refractivity contribution < 1.29 is 4.74 Å². The molecule has 3 aromatic heterocycles. The molecule has 9 nitrogen and oxygen atoms in total. The summed E-state index contributed by atoms with van der Waals surface area (Å²) in [7, 11) is 0. The molecule has 0 bridgehead atoms. The first-order valence-electron chi connectivity index (χ1n) is 12.9. The van der Waals surface area contributed by atoms with Gasteiger partial charge in [0.1, 0.15) is 11.6 Å². The molecule has 200 valence electrons. The minimum atomic E-state index is 0.471. The normalized spacial score (nSPS) is 14.3. The van der Waals surface area contributed by atoms with Gasteiger partial charge in [-0.2, -0.15) is 9.61 Å².